The van der Waals surface area contributed by atoms with Crippen LogP contribution in [0.5, 0.6) is 0 Å². The first kappa shape index (κ1) is 15.4. The molecule has 1 aromatic carbocycles. The molecule has 0 radical (unpaired) electrons. The van der Waals surface area contributed by atoms with Crippen molar-refractivity contribution in [1.29, 1.82) is 0 Å². The van der Waals surface area contributed by atoms with Crippen LogP contribution in [0.4, 0.5) is 14.5 Å². The summed E-state index contributed by atoms with van der Waals surface area (Å²) < 4.78 is 26.1. The van der Waals surface area contributed by atoms with E-state index < -0.39 is 30.8 Å². The zero-order valence-corrected chi connectivity index (χ0v) is 11.8. The fraction of sp³-hybridized carbons (Fsp3) is 0.429. The summed E-state index contributed by atoms with van der Waals surface area (Å²) in [4.78, 5) is 25.2. The molecule has 0 saturated carbocycles. The van der Waals surface area contributed by atoms with Crippen LogP contribution in [0.25, 0.3) is 0 Å². The van der Waals surface area contributed by atoms with Gasteiger partial charge in [0.1, 0.15) is 0 Å². The second kappa shape index (κ2) is 5.77. The van der Waals surface area contributed by atoms with Crippen LogP contribution < -0.4 is 10.6 Å². The molecule has 1 aromatic rings. The third kappa shape index (κ3) is 3.75. The molecule has 0 spiro atoms. The largest absolute Gasteiger partial charge is 0.345 e. The Balaban J connectivity index is 2.05. The quantitative estimate of drug-likeness (QED) is 0.884. The van der Waals surface area contributed by atoms with Crippen molar-refractivity contribution in [3.8, 4) is 0 Å². The molecule has 2 N–H and O–H groups in total. The Bertz CT molecular complexity index is 561. The highest BCUT2D eigenvalue weighted by atomic mass is 19.3. The molecule has 0 bridgehead atoms. The van der Waals surface area contributed by atoms with Crippen LogP contribution >= 0.6 is 0 Å². The van der Waals surface area contributed by atoms with Crippen LogP contribution in [0, 0.1) is 0 Å². The van der Waals surface area contributed by atoms with Crippen LogP contribution in [0.15, 0.2) is 24.3 Å². The van der Waals surface area contributed by atoms with E-state index in [1.807, 2.05) is 0 Å². The standard InChI is InChI=1S/C14H17F2N3O2/c1-19(2)13(21)9-4-3-5-10(6-9)18-12(20)11-7-14(15,16)8-17-11/h3-6,11,17H,7-8H2,1-2H3,(H,18,20). The molecule has 7 heteroatoms. The maximum atomic E-state index is 13.1. The van der Waals surface area contributed by atoms with Crippen LogP contribution in [0.3, 0.4) is 0 Å². The van der Waals surface area contributed by atoms with Crippen molar-refractivity contribution in [3.63, 3.8) is 0 Å². The molecule has 1 heterocycles. The molecular formula is C14H17F2N3O2. The summed E-state index contributed by atoms with van der Waals surface area (Å²) in [6, 6.07) is 5.46. The van der Waals surface area contributed by atoms with Crippen LogP contribution in [0.1, 0.15) is 16.8 Å². The molecule has 1 aliphatic rings. The van der Waals surface area contributed by atoms with E-state index in [0.29, 0.717) is 11.3 Å². The summed E-state index contributed by atoms with van der Waals surface area (Å²) in [7, 11) is 3.25. The Labute approximate surface area is 121 Å². The van der Waals surface area contributed by atoms with Gasteiger partial charge in [-0.25, -0.2) is 8.78 Å². The zero-order chi connectivity index (χ0) is 15.6. The highest BCUT2D eigenvalue weighted by molar-refractivity contribution is 5.98. The van der Waals surface area contributed by atoms with E-state index in [4.69, 9.17) is 0 Å². The second-order valence-electron chi connectivity index (χ2n) is 5.26. The summed E-state index contributed by atoms with van der Waals surface area (Å²) in [6.45, 7) is -0.496. The number of benzene rings is 1. The Kier molecular flexibility index (Phi) is 4.22. The number of carbonyl (C=O) groups is 2. The van der Waals surface area contributed by atoms with E-state index in [2.05, 4.69) is 10.6 Å². The van der Waals surface area contributed by atoms with Crippen molar-refractivity contribution in [3.05, 3.63) is 29.8 Å². The van der Waals surface area contributed by atoms with E-state index >= 15 is 0 Å². The average Bonchev–Trinajstić information content (AvgIpc) is 2.78. The number of alkyl halides is 2. The van der Waals surface area contributed by atoms with Gasteiger partial charge in [0.2, 0.25) is 5.91 Å². The minimum Gasteiger partial charge on any atom is -0.345 e. The number of halogens is 2. The van der Waals surface area contributed by atoms with Crippen LogP contribution in [0.2, 0.25) is 0 Å². The highest BCUT2D eigenvalue weighted by Crippen LogP contribution is 2.25. The van der Waals surface area contributed by atoms with Gasteiger partial charge in [0.05, 0.1) is 12.6 Å². The van der Waals surface area contributed by atoms with Gasteiger partial charge in [-0.2, -0.15) is 0 Å². The molecule has 2 rings (SSSR count). The van der Waals surface area contributed by atoms with Gasteiger partial charge in [-0.1, -0.05) is 6.07 Å². The lowest BCUT2D eigenvalue weighted by atomic mass is 10.1. The van der Waals surface area contributed by atoms with Crippen molar-refractivity contribution in [2.75, 3.05) is 26.0 Å². The second-order valence-corrected chi connectivity index (χ2v) is 5.26. The maximum absolute atomic E-state index is 13.1. The summed E-state index contributed by atoms with van der Waals surface area (Å²) in [5, 5.41) is 5.04. The van der Waals surface area contributed by atoms with Gasteiger partial charge >= 0.3 is 0 Å². The smallest absolute Gasteiger partial charge is 0.262 e. The SMILES string of the molecule is CN(C)C(=O)c1cccc(NC(=O)C2CC(F)(F)CN2)c1. The van der Waals surface area contributed by atoms with Crippen LogP contribution in [-0.2, 0) is 4.79 Å². The highest BCUT2D eigenvalue weighted by Gasteiger charge is 2.42. The summed E-state index contributed by atoms with van der Waals surface area (Å²) in [6.07, 6.45) is -0.519. The number of hydrogen-bond donors (Lipinski definition) is 2. The monoisotopic (exact) mass is 297 g/mol. The molecule has 1 aliphatic heterocycles. The van der Waals surface area contributed by atoms with E-state index in [1.54, 1.807) is 32.3 Å². The Hall–Kier alpha value is -2.02. The van der Waals surface area contributed by atoms with Crippen LogP contribution in [-0.4, -0.2) is 49.3 Å². The van der Waals surface area contributed by atoms with Gasteiger partial charge in [0.25, 0.3) is 11.8 Å². The zero-order valence-electron chi connectivity index (χ0n) is 11.8. The van der Waals surface area contributed by atoms with Gasteiger partial charge in [-0.05, 0) is 18.2 Å². The number of nitrogens with one attached hydrogen (secondary N) is 2. The van der Waals surface area contributed by atoms with Gasteiger partial charge in [0.15, 0.2) is 0 Å². The lowest BCUT2D eigenvalue weighted by Gasteiger charge is -2.13. The number of rotatable bonds is 3. The number of amides is 2. The summed E-state index contributed by atoms with van der Waals surface area (Å²) >= 11 is 0. The fourth-order valence-electron chi connectivity index (χ4n) is 2.12. The predicted molar refractivity (Wildman–Crippen MR) is 74.4 cm³/mol. The van der Waals surface area contributed by atoms with E-state index in [0.717, 1.165) is 0 Å². The molecule has 21 heavy (non-hydrogen) atoms. The van der Waals surface area contributed by atoms with Crippen molar-refractivity contribution >= 4 is 17.5 Å². The number of nitrogens with zero attached hydrogens (tertiary/aromatic N) is 1. The van der Waals surface area contributed by atoms with Crippen molar-refractivity contribution in [2.24, 2.45) is 0 Å². The first-order valence-electron chi connectivity index (χ1n) is 6.52. The van der Waals surface area contributed by atoms with Gasteiger partial charge in [-0.3, -0.25) is 14.9 Å². The molecule has 0 aromatic heterocycles. The van der Waals surface area contributed by atoms with Crippen molar-refractivity contribution in [2.45, 2.75) is 18.4 Å². The number of anilines is 1. The number of carbonyl (C=O) groups excluding carboxylic acids is 2. The molecule has 114 valence electrons. The third-order valence-corrected chi connectivity index (χ3v) is 3.21. The van der Waals surface area contributed by atoms with Crippen molar-refractivity contribution in [1.82, 2.24) is 10.2 Å². The van der Waals surface area contributed by atoms with E-state index in [-0.39, 0.29) is 5.91 Å². The molecule has 1 saturated heterocycles. The normalized spacial score (nSPS) is 20.1. The lowest BCUT2D eigenvalue weighted by molar-refractivity contribution is -0.118. The van der Waals surface area contributed by atoms with Gasteiger partial charge < -0.3 is 10.2 Å². The number of hydrogen-bond acceptors (Lipinski definition) is 3. The fourth-order valence-corrected chi connectivity index (χ4v) is 2.12. The maximum Gasteiger partial charge on any atom is 0.262 e. The van der Waals surface area contributed by atoms with Crippen molar-refractivity contribution < 1.29 is 18.4 Å². The average molecular weight is 297 g/mol. The molecule has 5 nitrogen and oxygen atoms in total. The summed E-state index contributed by atoms with van der Waals surface area (Å²) in [5.74, 6) is -3.58. The molecule has 2 amide bonds. The lowest BCUT2D eigenvalue weighted by Crippen LogP contribution is -2.35. The van der Waals surface area contributed by atoms with E-state index in [9.17, 15) is 18.4 Å². The van der Waals surface area contributed by atoms with Gasteiger partial charge in [0, 0.05) is 31.8 Å². The molecular weight excluding hydrogens is 280 g/mol. The molecule has 0 aliphatic carbocycles. The Morgan fingerprint density at radius 2 is 2.10 bits per heavy atom. The Morgan fingerprint density at radius 3 is 2.67 bits per heavy atom. The Morgan fingerprint density at radius 1 is 1.38 bits per heavy atom. The minimum absolute atomic E-state index is 0.198. The van der Waals surface area contributed by atoms with E-state index in [1.165, 1.54) is 11.0 Å². The molecule has 1 unspecified atom stereocenters. The topological polar surface area (TPSA) is 61.4 Å². The first-order valence-corrected chi connectivity index (χ1v) is 6.52. The third-order valence-electron chi connectivity index (χ3n) is 3.21. The molecule has 1 fully saturated rings. The minimum atomic E-state index is -2.86. The first-order chi connectivity index (χ1) is 9.78. The predicted octanol–water partition coefficient (Wildman–Crippen LogP) is 1.32. The summed E-state index contributed by atoms with van der Waals surface area (Å²) in [5.41, 5.74) is 0.826. The van der Waals surface area contributed by atoms with Gasteiger partial charge in [-0.15, -0.1) is 0 Å². The molecule has 1 atom stereocenters.